The van der Waals surface area contributed by atoms with Gasteiger partial charge in [-0.15, -0.1) is 0 Å². The van der Waals surface area contributed by atoms with Crippen LogP contribution in [0.2, 0.25) is 0 Å². The molecule has 0 aromatic carbocycles. The summed E-state index contributed by atoms with van der Waals surface area (Å²) >= 11 is 0. The molecule has 1 N–H and O–H groups in total. The fourth-order valence-corrected chi connectivity index (χ4v) is 2.18. The zero-order chi connectivity index (χ0) is 10.5. The molecule has 0 bridgehead atoms. The van der Waals surface area contributed by atoms with Gasteiger partial charge in [-0.1, -0.05) is 0 Å². The highest BCUT2D eigenvalue weighted by Crippen LogP contribution is 2.21. The van der Waals surface area contributed by atoms with Crippen molar-refractivity contribution in [3.8, 4) is 0 Å². The van der Waals surface area contributed by atoms with Crippen LogP contribution >= 0.6 is 0 Å². The quantitative estimate of drug-likeness (QED) is 0.681. The molecule has 1 heterocycles. The normalized spacial score (nSPS) is 29.0. The first kappa shape index (κ1) is 11.4. The summed E-state index contributed by atoms with van der Waals surface area (Å²) in [6, 6.07) is 0.470. The number of hydrogen-bond donors (Lipinski definition) is 1. The monoisotopic (exact) mass is 213 g/mol. The van der Waals surface area contributed by atoms with Crippen LogP contribution in [0.3, 0.4) is 0 Å². The molecule has 2 aliphatic rings. The molecule has 1 saturated heterocycles. The van der Waals surface area contributed by atoms with Crippen LogP contribution in [0.1, 0.15) is 39.0 Å². The predicted octanol–water partition coefficient (Wildman–Crippen LogP) is 1.71. The molecule has 1 aliphatic carbocycles. The highest BCUT2D eigenvalue weighted by Gasteiger charge is 2.22. The summed E-state index contributed by atoms with van der Waals surface area (Å²) in [5.41, 5.74) is 0. The van der Waals surface area contributed by atoms with Crippen molar-refractivity contribution in [1.29, 1.82) is 0 Å². The van der Waals surface area contributed by atoms with E-state index in [0.29, 0.717) is 18.2 Å². The molecule has 0 aromatic heterocycles. The molecule has 0 spiro atoms. The summed E-state index contributed by atoms with van der Waals surface area (Å²) in [5, 5.41) is 3.48. The molecular weight excluding hydrogens is 190 g/mol. The molecular formula is C12H23NO2. The van der Waals surface area contributed by atoms with Crippen molar-refractivity contribution in [3.05, 3.63) is 0 Å². The second kappa shape index (κ2) is 5.83. The predicted molar refractivity (Wildman–Crippen MR) is 60.0 cm³/mol. The van der Waals surface area contributed by atoms with Crippen LogP contribution in [-0.2, 0) is 9.47 Å². The summed E-state index contributed by atoms with van der Waals surface area (Å²) in [6.07, 6.45) is 7.29. The van der Waals surface area contributed by atoms with Gasteiger partial charge in [0.25, 0.3) is 0 Å². The molecule has 2 unspecified atom stereocenters. The summed E-state index contributed by atoms with van der Waals surface area (Å²) in [7, 11) is 0. The van der Waals surface area contributed by atoms with E-state index >= 15 is 0 Å². The third-order valence-corrected chi connectivity index (χ3v) is 3.50. The van der Waals surface area contributed by atoms with E-state index in [2.05, 4.69) is 12.2 Å². The summed E-state index contributed by atoms with van der Waals surface area (Å²) in [5.74, 6) is 0. The molecule has 2 atom stereocenters. The first-order chi connectivity index (χ1) is 7.36. The lowest BCUT2D eigenvalue weighted by molar-refractivity contribution is 0.00124. The Morgan fingerprint density at radius 1 is 1.33 bits per heavy atom. The van der Waals surface area contributed by atoms with Gasteiger partial charge in [0.05, 0.1) is 18.8 Å². The third-order valence-electron chi connectivity index (χ3n) is 3.50. The van der Waals surface area contributed by atoms with Crippen molar-refractivity contribution < 1.29 is 9.47 Å². The van der Waals surface area contributed by atoms with Crippen LogP contribution in [0.25, 0.3) is 0 Å². The highest BCUT2D eigenvalue weighted by atomic mass is 16.5. The third kappa shape index (κ3) is 3.44. The maximum absolute atomic E-state index is 5.69. The van der Waals surface area contributed by atoms with Gasteiger partial charge in [0, 0.05) is 19.2 Å². The Morgan fingerprint density at radius 3 is 2.80 bits per heavy atom. The molecule has 2 rings (SSSR count). The van der Waals surface area contributed by atoms with Gasteiger partial charge in [-0.2, -0.15) is 0 Å². The Balaban J connectivity index is 1.48. The van der Waals surface area contributed by atoms with Crippen molar-refractivity contribution in [2.24, 2.45) is 0 Å². The summed E-state index contributed by atoms with van der Waals surface area (Å²) < 4.78 is 11.3. The molecule has 0 aromatic rings. The lowest BCUT2D eigenvalue weighted by atomic mass is 9.96. The first-order valence-corrected chi connectivity index (χ1v) is 6.33. The smallest absolute Gasteiger partial charge is 0.0726 e. The number of hydrogen-bond acceptors (Lipinski definition) is 3. The minimum Gasteiger partial charge on any atom is -0.377 e. The minimum absolute atomic E-state index is 0.425. The maximum atomic E-state index is 5.69. The molecule has 0 radical (unpaired) electrons. The van der Waals surface area contributed by atoms with Crippen LogP contribution in [0, 0.1) is 0 Å². The Bertz CT molecular complexity index is 176. The SMILES string of the molecule is CC(NCCOC1CCC1)C1CCCO1. The Hall–Kier alpha value is -0.120. The second-order valence-electron chi connectivity index (χ2n) is 4.72. The Labute approximate surface area is 92.5 Å². The van der Waals surface area contributed by atoms with Crippen molar-refractivity contribution in [2.75, 3.05) is 19.8 Å². The number of nitrogens with one attached hydrogen (secondary N) is 1. The van der Waals surface area contributed by atoms with E-state index < -0.39 is 0 Å². The van der Waals surface area contributed by atoms with Gasteiger partial charge in [0.15, 0.2) is 0 Å². The van der Waals surface area contributed by atoms with E-state index in [1.165, 1.54) is 32.1 Å². The fourth-order valence-electron chi connectivity index (χ4n) is 2.18. The largest absolute Gasteiger partial charge is 0.377 e. The summed E-state index contributed by atoms with van der Waals surface area (Å²) in [6.45, 7) is 4.95. The standard InChI is InChI=1S/C12H23NO2/c1-10(12-6-3-8-15-12)13-7-9-14-11-4-2-5-11/h10-13H,2-9H2,1H3. The van der Waals surface area contributed by atoms with Crippen LogP contribution in [-0.4, -0.2) is 38.0 Å². The summed E-state index contributed by atoms with van der Waals surface area (Å²) in [4.78, 5) is 0. The first-order valence-electron chi connectivity index (χ1n) is 6.33. The van der Waals surface area contributed by atoms with E-state index in [9.17, 15) is 0 Å². The van der Waals surface area contributed by atoms with Crippen molar-refractivity contribution in [1.82, 2.24) is 5.32 Å². The van der Waals surface area contributed by atoms with Crippen molar-refractivity contribution in [3.63, 3.8) is 0 Å². The van der Waals surface area contributed by atoms with Gasteiger partial charge in [-0.05, 0) is 39.0 Å². The van der Waals surface area contributed by atoms with E-state index in [4.69, 9.17) is 9.47 Å². The van der Waals surface area contributed by atoms with Crippen LogP contribution in [0.5, 0.6) is 0 Å². The van der Waals surface area contributed by atoms with Crippen LogP contribution in [0.15, 0.2) is 0 Å². The van der Waals surface area contributed by atoms with Crippen molar-refractivity contribution in [2.45, 2.75) is 57.3 Å². The molecule has 3 heteroatoms. The topological polar surface area (TPSA) is 30.5 Å². The zero-order valence-corrected chi connectivity index (χ0v) is 9.71. The average Bonchev–Trinajstić information content (AvgIpc) is 2.67. The van der Waals surface area contributed by atoms with E-state index in [1.807, 2.05) is 0 Å². The minimum atomic E-state index is 0.425. The van der Waals surface area contributed by atoms with Crippen LogP contribution < -0.4 is 5.32 Å². The maximum Gasteiger partial charge on any atom is 0.0726 e. The van der Waals surface area contributed by atoms with E-state index in [1.54, 1.807) is 0 Å². The highest BCUT2D eigenvalue weighted by molar-refractivity contribution is 4.76. The van der Waals surface area contributed by atoms with Crippen molar-refractivity contribution >= 4 is 0 Å². The molecule has 0 amide bonds. The number of ether oxygens (including phenoxy) is 2. The van der Waals surface area contributed by atoms with Gasteiger partial charge in [-0.25, -0.2) is 0 Å². The lowest BCUT2D eigenvalue weighted by Gasteiger charge is -2.26. The number of rotatable bonds is 6. The molecule has 2 fully saturated rings. The lowest BCUT2D eigenvalue weighted by Crippen LogP contribution is -2.39. The van der Waals surface area contributed by atoms with E-state index in [0.717, 1.165) is 19.8 Å². The van der Waals surface area contributed by atoms with E-state index in [-0.39, 0.29) is 0 Å². The van der Waals surface area contributed by atoms with Crippen LogP contribution in [0.4, 0.5) is 0 Å². The molecule has 3 nitrogen and oxygen atoms in total. The van der Waals surface area contributed by atoms with Gasteiger partial charge in [0.2, 0.25) is 0 Å². The fraction of sp³-hybridized carbons (Fsp3) is 1.00. The van der Waals surface area contributed by atoms with Gasteiger partial charge >= 0.3 is 0 Å². The van der Waals surface area contributed by atoms with Gasteiger partial charge < -0.3 is 14.8 Å². The second-order valence-corrected chi connectivity index (χ2v) is 4.72. The van der Waals surface area contributed by atoms with Gasteiger partial charge in [-0.3, -0.25) is 0 Å². The molecule has 88 valence electrons. The molecule has 15 heavy (non-hydrogen) atoms. The molecule has 1 aliphatic heterocycles. The molecule has 1 saturated carbocycles. The zero-order valence-electron chi connectivity index (χ0n) is 9.71. The Kier molecular flexibility index (Phi) is 4.42. The van der Waals surface area contributed by atoms with Gasteiger partial charge in [0.1, 0.15) is 0 Å². The average molecular weight is 213 g/mol. The Morgan fingerprint density at radius 2 is 2.20 bits per heavy atom.